The Balaban J connectivity index is 1.53. The van der Waals surface area contributed by atoms with Crippen molar-refractivity contribution in [1.29, 1.82) is 0 Å². The summed E-state index contributed by atoms with van der Waals surface area (Å²) in [6, 6.07) is 12.2. The third kappa shape index (κ3) is 12.7. The smallest absolute Gasteiger partial charge is 0.190 e. The van der Waals surface area contributed by atoms with Crippen LogP contribution in [0.2, 0.25) is 51.4 Å². The molecule has 3 aromatic heterocycles. The van der Waals surface area contributed by atoms with E-state index in [9.17, 15) is 4.79 Å². The minimum Gasteiger partial charge on any atom is -0.382 e. The van der Waals surface area contributed by atoms with Crippen LogP contribution >= 0.6 is 22.6 Å². The molecule has 0 N–H and O–H groups in total. The Bertz CT molecular complexity index is 1830. The van der Waals surface area contributed by atoms with E-state index in [1.807, 2.05) is 58.1 Å². The number of methoxy groups -OCH3 is 1. The van der Waals surface area contributed by atoms with Crippen molar-refractivity contribution in [3.8, 4) is 16.8 Å². The molecule has 0 unspecified atom stereocenters. The van der Waals surface area contributed by atoms with Gasteiger partial charge in [0.1, 0.15) is 25.7 Å². The molecule has 1 fully saturated rings. The molecule has 4 aromatic rings. The Morgan fingerprint density at radius 3 is 2.18 bits per heavy atom. The zero-order valence-electron chi connectivity index (χ0n) is 35.5. The monoisotopic (exact) mass is 932 g/mol. The first-order valence-electron chi connectivity index (χ1n) is 20.6. The number of carbonyl (C=O) groups excluding carboxylic acids is 1. The summed E-state index contributed by atoms with van der Waals surface area (Å²) in [7, 11) is -0.953. The van der Waals surface area contributed by atoms with Gasteiger partial charge in [-0.15, -0.1) is 0 Å². The van der Waals surface area contributed by atoms with Gasteiger partial charge in [-0.05, 0) is 78.9 Å². The van der Waals surface area contributed by atoms with E-state index in [1.54, 1.807) is 7.11 Å². The molecule has 1 aromatic carbocycles. The summed E-state index contributed by atoms with van der Waals surface area (Å²) >= 11 is 2.45. The van der Waals surface area contributed by atoms with Gasteiger partial charge in [-0.3, -0.25) is 4.79 Å². The largest absolute Gasteiger partial charge is 0.382 e. The van der Waals surface area contributed by atoms with Crippen molar-refractivity contribution in [3.05, 3.63) is 58.2 Å². The molecule has 0 aliphatic heterocycles. The lowest BCUT2D eigenvalue weighted by Crippen LogP contribution is -2.47. The number of benzene rings is 1. The molecule has 1 aliphatic rings. The SMILES string of the molecule is CCCCOCC(=O)C1(OCCOC)CCC(c2nc3c(-c4cnn(-c5ccccc5)c4)cnn3c(N(COCC[Si](C)(C)C)COCC[Si](C)(C)C)c2I)CC1. The maximum absolute atomic E-state index is 13.8. The van der Waals surface area contributed by atoms with Gasteiger partial charge in [0.05, 0.1) is 40.6 Å². The highest BCUT2D eigenvalue weighted by molar-refractivity contribution is 14.1. The Morgan fingerprint density at radius 2 is 1.56 bits per heavy atom. The molecule has 0 saturated heterocycles. The lowest BCUT2D eigenvalue weighted by Gasteiger charge is -2.39. The van der Waals surface area contributed by atoms with Crippen molar-refractivity contribution < 1.29 is 28.5 Å². The van der Waals surface area contributed by atoms with Crippen LogP contribution in [-0.4, -0.2) is 112 Å². The minimum absolute atomic E-state index is 0.0116. The average Bonchev–Trinajstić information content (AvgIpc) is 3.84. The predicted molar refractivity (Wildman–Crippen MR) is 241 cm³/mol. The van der Waals surface area contributed by atoms with E-state index in [4.69, 9.17) is 38.9 Å². The number of fused-ring (bicyclic) bond motifs is 1. The van der Waals surface area contributed by atoms with Gasteiger partial charge in [0.2, 0.25) is 0 Å². The highest BCUT2D eigenvalue weighted by Gasteiger charge is 2.44. The number of unbranched alkanes of at least 4 members (excludes halogenated alkanes) is 1. The van der Waals surface area contributed by atoms with Gasteiger partial charge < -0.3 is 28.6 Å². The lowest BCUT2D eigenvalue weighted by molar-refractivity contribution is -0.157. The van der Waals surface area contributed by atoms with E-state index in [2.05, 4.69) is 73.7 Å². The molecule has 3 heterocycles. The molecule has 0 spiro atoms. The number of nitrogens with zero attached hydrogens (tertiary/aromatic N) is 6. The maximum atomic E-state index is 13.8. The lowest BCUT2D eigenvalue weighted by atomic mass is 9.75. The number of aromatic nitrogens is 5. The number of halogens is 1. The molecule has 5 rings (SSSR count). The Kier molecular flexibility index (Phi) is 16.9. The Hall–Kier alpha value is -2.52. The van der Waals surface area contributed by atoms with Gasteiger partial charge >= 0.3 is 0 Å². The number of hydrogen-bond donors (Lipinski definition) is 0. The van der Waals surface area contributed by atoms with Crippen molar-refractivity contribution in [2.45, 2.75) is 108 Å². The molecule has 0 amide bonds. The zero-order chi connectivity index (χ0) is 41.1. The van der Waals surface area contributed by atoms with Crippen LogP contribution < -0.4 is 4.90 Å². The molecule has 1 aliphatic carbocycles. The Morgan fingerprint density at radius 1 is 0.895 bits per heavy atom. The van der Waals surface area contributed by atoms with E-state index < -0.39 is 21.7 Å². The van der Waals surface area contributed by atoms with Gasteiger partial charge in [-0.2, -0.15) is 14.7 Å². The van der Waals surface area contributed by atoms with E-state index in [-0.39, 0.29) is 18.3 Å². The van der Waals surface area contributed by atoms with E-state index in [1.165, 1.54) is 0 Å². The summed E-state index contributed by atoms with van der Waals surface area (Å²) in [5.74, 6) is 0.996. The number of hydrogen-bond acceptors (Lipinski definition) is 10. The molecule has 0 bridgehead atoms. The van der Waals surface area contributed by atoms with Gasteiger partial charge in [0.25, 0.3) is 0 Å². The molecule has 0 radical (unpaired) electrons. The first kappa shape index (κ1) is 45.6. The third-order valence-corrected chi connectivity index (χ3v) is 15.0. The fraction of sp³-hybridized carbons (Fsp3) is 0.619. The van der Waals surface area contributed by atoms with Crippen LogP contribution in [0.15, 0.2) is 48.9 Å². The number of rotatable bonds is 24. The summed E-state index contributed by atoms with van der Waals surface area (Å²) < 4.78 is 35.2. The third-order valence-electron chi connectivity index (χ3n) is 10.5. The fourth-order valence-corrected chi connectivity index (χ4v) is 9.54. The zero-order valence-corrected chi connectivity index (χ0v) is 39.7. The highest BCUT2D eigenvalue weighted by Crippen LogP contribution is 2.44. The van der Waals surface area contributed by atoms with Crippen LogP contribution in [0, 0.1) is 3.57 Å². The molecule has 0 atom stereocenters. The number of anilines is 1. The fourth-order valence-electron chi connectivity index (χ4n) is 6.90. The van der Waals surface area contributed by atoms with Crippen molar-refractivity contribution in [1.82, 2.24) is 24.4 Å². The van der Waals surface area contributed by atoms with Crippen molar-refractivity contribution in [2.24, 2.45) is 0 Å². The molecule has 1 saturated carbocycles. The number of Topliss-reactive ketones (excluding diaryl/α,β-unsaturated/α-hetero) is 1. The summed E-state index contributed by atoms with van der Waals surface area (Å²) in [6.07, 6.45) is 10.4. The maximum Gasteiger partial charge on any atom is 0.190 e. The quantitative estimate of drug-likeness (QED) is 0.0292. The average molecular weight is 933 g/mol. The first-order valence-corrected chi connectivity index (χ1v) is 29.1. The van der Waals surface area contributed by atoms with Crippen LogP contribution in [0.1, 0.15) is 57.1 Å². The summed E-state index contributed by atoms with van der Waals surface area (Å²) in [5.41, 5.74) is 3.62. The summed E-state index contributed by atoms with van der Waals surface area (Å²) in [6.45, 7) is 19.8. The number of ether oxygens (including phenoxy) is 5. The van der Waals surface area contributed by atoms with Crippen LogP contribution in [0.5, 0.6) is 0 Å². The second-order valence-corrected chi connectivity index (χ2v) is 29.9. The number of para-hydroxylation sites is 1. The molecule has 314 valence electrons. The van der Waals surface area contributed by atoms with Crippen molar-refractivity contribution >= 4 is 56.0 Å². The Labute approximate surface area is 355 Å². The van der Waals surface area contributed by atoms with E-state index >= 15 is 0 Å². The van der Waals surface area contributed by atoms with Crippen molar-refractivity contribution in [3.63, 3.8) is 0 Å². The highest BCUT2D eigenvalue weighted by atomic mass is 127. The van der Waals surface area contributed by atoms with Gasteiger partial charge in [-0.1, -0.05) is 70.8 Å². The standard InChI is InChI=1S/C42H65IN6O6Si2/c1-9-10-20-52-30-37(50)42(55-22-21-51-2)18-16-33(17-19-42)39-38(43)41(47(31-53-23-25-56(3,4)5)32-54-24-26-57(6,7)8)49-40(46-39)36(28-45-49)34-27-44-48(29-34)35-14-12-11-13-15-35/h11-15,27-29,33H,9-10,16-26,30-32H2,1-8H3. The van der Waals surface area contributed by atoms with Gasteiger partial charge in [0, 0.05) is 66.3 Å². The van der Waals surface area contributed by atoms with E-state index in [0.29, 0.717) is 59.3 Å². The summed E-state index contributed by atoms with van der Waals surface area (Å²) in [5, 5.41) is 9.70. The second-order valence-electron chi connectivity index (χ2n) is 17.6. The van der Waals surface area contributed by atoms with Crippen LogP contribution in [0.25, 0.3) is 22.5 Å². The number of ketones is 1. The predicted octanol–water partition coefficient (Wildman–Crippen LogP) is 9.06. The van der Waals surface area contributed by atoms with Gasteiger partial charge in [0.15, 0.2) is 17.2 Å². The summed E-state index contributed by atoms with van der Waals surface area (Å²) in [4.78, 5) is 21.4. The number of carbonyl (C=O) groups is 1. The van der Waals surface area contributed by atoms with Gasteiger partial charge in [-0.25, -0.2) is 9.67 Å². The molecular formula is C42H65IN6O6Si2. The molecular weight excluding hydrogens is 868 g/mol. The first-order chi connectivity index (χ1) is 27.2. The molecule has 15 heteroatoms. The van der Waals surface area contributed by atoms with Crippen LogP contribution in [-0.2, 0) is 28.5 Å². The second kappa shape index (κ2) is 21.1. The topological polar surface area (TPSA) is 114 Å². The van der Waals surface area contributed by atoms with Crippen LogP contribution in [0.4, 0.5) is 5.82 Å². The van der Waals surface area contributed by atoms with E-state index in [0.717, 1.165) is 75.3 Å². The van der Waals surface area contributed by atoms with Crippen LogP contribution in [0.3, 0.4) is 0 Å². The normalized spacial score (nSPS) is 17.7. The van der Waals surface area contributed by atoms with Crippen molar-refractivity contribution in [2.75, 3.05) is 65.1 Å². The minimum atomic E-state index is -1.30. The molecule has 57 heavy (non-hydrogen) atoms. The molecule has 12 nitrogen and oxygen atoms in total.